The SMILES string of the molecule is CC.CC.C[C-]1/C=C\C(C)(C)NC(=O)/C(C(C)C)=C\1.[Rb+]. The van der Waals surface area contributed by atoms with Crippen molar-refractivity contribution in [2.45, 2.75) is 67.9 Å². The van der Waals surface area contributed by atoms with E-state index in [1.165, 1.54) is 0 Å². The van der Waals surface area contributed by atoms with Crippen LogP contribution in [-0.4, -0.2) is 11.4 Å². The van der Waals surface area contributed by atoms with Crippen molar-refractivity contribution in [2.24, 2.45) is 5.92 Å². The van der Waals surface area contributed by atoms with Crippen molar-refractivity contribution < 1.29 is 63.0 Å². The summed E-state index contributed by atoms with van der Waals surface area (Å²) < 4.78 is 0. The Morgan fingerprint density at radius 1 is 1.15 bits per heavy atom. The number of allylic oxidation sites excluding steroid dienone is 2. The summed E-state index contributed by atoms with van der Waals surface area (Å²) in [6.45, 7) is 18.1. The topological polar surface area (TPSA) is 29.1 Å². The zero-order valence-corrected chi connectivity index (χ0v) is 20.1. The number of amides is 1. The van der Waals surface area contributed by atoms with Crippen LogP contribution in [0.5, 0.6) is 0 Å². The van der Waals surface area contributed by atoms with Crippen molar-refractivity contribution in [3.8, 4) is 0 Å². The molecule has 0 fully saturated rings. The van der Waals surface area contributed by atoms with E-state index in [1.807, 2.05) is 74.5 Å². The first-order valence-corrected chi connectivity index (χ1v) is 7.39. The molecule has 1 heterocycles. The van der Waals surface area contributed by atoms with E-state index in [-0.39, 0.29) is 75.6 Å². The maximum Gasteiger partial charge on any atom is 1.00 e. The van der Waals surface area contributed by atoms with Crippen LogP contribution in [0, 0.1) is 11.8 Å². The number of carbonyl (C=O) groups excluding carboxylic acids is 1. The van der Waals surface area contributed by atoms with E-state index in [9.17, 15) is 4.79 Å². The van der Waals surface area contributed by atoms with Gasteiger partial charge in [0.25, 0.3) is 0 Å². The third-order valence-electron chi connectivity index (χ3n) is 2.47. The molecule has 1 rings (SSSR count). The summed E-state index contributed by atoms with van der Waals surface area (Å²) in [5.41, 5.74) is 0.581. The summed E-state index contributed by atoms with van der Waals surface area (Å²) in [5, 5.41) is 3.00. The molecule has 0 saturated heterocycles. The van der Waals surface area contributed by atoms with E-state index in [4.69, 9.17) is 0 Å². The largest absolute Gasteiger partial charge is 1.00 e. The third-order valence-corrected chi connectivity index (χ3v) is 2.47. The molecule has 1 N–H and O–H groups in total. The molecule has 112 valence electrons. The summed E-state index contributed by atoms with van der Waals surface area (Å²) in [5.74, 6) is 1.42. The number of carbonyl (C=O) groups is 1. The number of hydrogen-bond acceptors (Lipinski definition) is 1. The molecule has 20 heavy (non-hydrogen) atoms. The molecule has 3 heteroatoms. The van der Waals surface area contributed by atoms with E-state index in [0.29, 0.717) is 0 Å². The summed E-state index contributed by atoms with van der Waals surface area (Å²) in [6, 6.07) is 0. The molecule has 0 spiro atoms. The molecule has 0 aliphatic carbocycles. The second-order valence-electron chi connectivity index (χ2n) is 5.01. The van der Waals surface area contributed by atoms with Gasteiger partial charge in [0.1, 0.15) is 0 Å². The molecule has 1 amide bonds. The van der Waals surface area contributed by atoms with Crippen molar-refractivity contribution >= 4 is 5.91 Å². The van der Waals surface area contributed by atoms with Gasteiger partial charge in [-0.1, -0.05) is 60.0 Å². The minimum Gasteiger partial charge on any atom is -0.365 e. The molecule has 0 aromatic carbocycles. The van der Waals surface area contributed by atoms with Gasteiger partial charge < -0.3 is 5.32 Å². The molecule has 0 atom stereocenters. The minimum absolute atomic E-state index is 0. The molecule has 0 radical (unpaired) electrons. The fourth-order valence-corrected chi connectivity index (χ4v) is 1.53. The molecular formula is C17H32NORb. The van der Waals surface area contributed by atoms with Crippen molar-refractivity contribution in [1.29, 1.82) is 0 Å². The summed E-state index contributed by atoms with van der Waals surface area (Å²) in [4.78, 5) is 11.9. The predicted molar refractivity (Wildman–Crippen MR) is 85.9 cm³/mol. The maximum absolute atomic E-state index is 11.9. The van der Waals surface area contributed by atoms with Gasteiger partial charge in [-0.05, 0) is 13.8 Å². The number of hydrogen-bond donors (Lipinski definition) is 1. The van der Waals surface area contributed by atoms with Gasteiger partial charge >= 0.3 is 58.2 Å². The molecule has 2 nitrogen and oxygen atoms in total. The zero-order valence-electron chi connectivity index (χ0n) is 15.2. The number of nitrogens with one attached hydrogen (secondary N) is 1. The Bertz CT molecular complexity index is 317. The first-order valence-electron chi connectivity index (χ1n) is 7.39. The van der Waals surface area contributed by atoms with Crippen LogP contribution in [0.1, 0.15) is 62.3 Å². The Morgan fingerprint density at radius 3 is 2.00 bits per heavy atom. The summed E-state index contributed by atoms with van der Waals surface area (Å²) >= 11 is 0. The van der Waals surface area contributed by atoms with Gasteiger partial charge in [0.2, 0.25) is 0 Å². The van der Waals surface area contributed by atoms with Crippen molar-refractivity contribution in [1.82, 2.24) is 5.32 Å². The van der Waals surface area contributed by atoms with Gasteiger partial charge in [-0.2, -0.15) is 24.1 Å². The Morgan fingerprint density at radius 2 is 1.60 bits per heavy atom. The second kappa shape index (κ2) is 13.3. The second-order valence-corrected chi connectivity index (χ2v) is 5.01. The fourth-order valence-electron chi connectivity index (χ4n) is 1.53. The quantitative estimate of drug-likeness (QED) is 0.716. The Hall–Kier alpha value is 0.625. The molecule has 1 aliphatic heterocycles. The van der Waals surface area contributed by atoms with Gasteiger partial charge in [0.15, 0.2) is 5.91 Å². The summed E-state index contributed by atoms with van der Waals surface area (Å²) in [6.07, 6.45) is 6.04. The first kappa shape index (κ1) is 25.6. The standard InChI is InChI=1S/C13H20NO.2C2H6.Rb/c1-9(2)11-8-10(3)6-7-13(4,5)14-12(11)15;2*1-2;/h6-9H,1-5H3,(H,14,15);2*1-2H3;/q-1;;;+1/b7-6-,11-8-;;;. The zero-order chi connectivity index (χ0) is 15.6. The number of rotatable bonds is 1. The molecule has 0 aromatic heterocycles. The minimum atomic E-state index is -0.271. The Labute approximate surface area is 175 Å². The average Bonchev–Trinajstić information content (AvgIpc) is 2.36. The molecule has 0 bridgehead atoms. The first-order chi connectivity index (χ1) is 8.82. The van der Waals surface area contributed by atoms with Gasteiger partial charge in [0, 0.05) is 5.54 Å². The maximum atomic E-state index is 11.9. The Kier molecular flexibility index (Phi) is 17.0. The van der Waals surface area contributed by atoms with Gasteiger partial charge in [-0.25, -0.2) is 0 Å². The van der Waals surface area contributed by atoms with E-state index in [1.54, 1.807) is 0 Å². The molecule has 0 unspecified atom stereocenters. The van der Waals surface area contributed by atoms with Crippen molar-refractivity contribution in [2.75, 3.05) is 0 Å². The van der Waals surface area contributed by atoms with Crippen molar-refractivity contribution in [3.05, 3.63) is 29.7 Å². The average molecular weight is 352 g/mol. The third kappa shape index (κ3) is 10.4. The van der Waals surface area contributed by atoms with Crippen LogP contribution in [0.15, 0.2) is 23.8 Å². The van der Waals surface area contributed by atoms with Crippen LogP contribution in [-0.2, 0) is 4.79 Å². The molecule has 0 aromatic rings. The van der Waals surface area contributed by atoms with Crippen LogP contribution in [0.3, 0.4) is 0 Å². The molecule has 1 aliphatic rings. The fraction of sp³-hybridized carbons (Fsp3) is 0.647. The molecular weight excluding hydrogens is 320 g/mol. The monoisotopic (exact) mass is 351 g/mol. The smallest absolute Gasteiger partial charge is 0.365 e. The van der Waals surface area contributed by atoms with Gasteiger partial charge in [0.05, 0.1) is 0 Å². The van der Waals surface area contributed by atoms with Crippen LogP contribution in [0.4, 0.5) is 0 Å². The van der Waals surface area contributed by atoms with E-state index in [0.717, 1.165) is 11.5 Å². The van der Waals surface area contributed by atoms with Crippen LogP contribution >= 0.6 is 0 Å². The van der Waals surface area contributed by atoms with Gasteiger partial charge in [-0.3, -0.25) is 4.79 Å². The van der Waals surface area contributed by atoms with Crippen LogP contribution < -0.4 is 63.5 Å². The predicted octanol–water partition coefficient (Wildman–Crippen LogP) is 1.68. The van der Waals surface area contributed by atoms with E-state index < -0.39 is 0 Å². The normalized spacial score (nSPS) is 20.4. The van der Waals surface area contributed by atoms with Crippen LogP contribution in [0.2, 0.25) is 0 Å². The van der Waals surface area contributed by atoms with Crippen molar-refractivity contribution in [3.63, 3.8) is 0 Å². The van der Waals surface area contributed by atoms with E-state index >= 15 is 0 Å². The van der Waals surface area contributed by atoms with Crippen LogP contribution in [0.25, 0.3) is 0 Å². The summed E-state index contributed by atoms with van der Waals surface area (Å²) in [7, 11) is 0. The van der Waals surface area contributed by atoms with Gasteiger partial charge in [-0.15, -0.1) is 0 Å². The van der Waals surface area contributed by atoms with E-state index in [2.05, 4.69) is 11.4 Å². The Balaban J connectivity index is -0.000000529. The molecule has 0 saturated carbocycles.